The fraction of sp³-hybridized carbons (Fsp3) is 0.316. The molecule has 0 aliphatic carbocycles. The third-order valence-electron chi connectivity index (χ3n) is 4.20. The zero-order valence-electron chi connectivity index (χ0n) is 13.7. The third-order valence-corrected chi connectivity index (χ3v) is 4.86. The van der Waals surface area contributed by atoms with Crippen LogP contribution in [0.5, 0.6) is 5.75 Å². The van der Waals surface area contributed by atoms with Crippen molar-refractivity contribution in [3.8, 4) is 5.75 Å². The number of hydrogen-bond acceptors (Lipinski definition) is 3. The summed E-state index contributed by atoms with van der Waals surface area (Å²) in [7, 11) is 0. The van der Waals surface area contributed by atoms with Gasteiger partial charge in [0.15, 0.2) is 6.10 Å². The molecule has 1 saturated heterocycles. The van der Waals surface area contributed by atoms with Gasteiger partial charge in [-0.2, -0.15) is 0 Å². The fourth-order valence-corrected chi connectivity index (χ4v) is 3.24. The third kappa shape index (κ3) is 3.90. The second kappa shape index (κ2) is 7.71. The molecule has 0 bridgehead atoms. The number of nitrogens with zero attached hydrogens (tertiary/aromatic N) is 2. The molecule has 1 aliphatic heterocycles. The lowest BCUT2D eigenvalue weighted by atomic mass is 10.2. The lowest BCUT2D eigenvalue weighted by Crippen LogP contribution is -2.52. The van der Waals surface area contributed by atoms with Crippen molar-refractivity contribution in [1.82, 2.24) is 4.90 Å². The molecule has 0 N–H and O–H groups in total. The first kappa shape index (κ1) is 16.8. The van der Waals surface area contributed by atoms with E-state index in [1.807, 2.05) is 54.3 Å². The first-order valence-electron chi connectivity index (χ1n) is 8.15. The lowest BCUT2D eigenvalue weighted by Gasteiger charge is -2.37. The second-order valence-corrected chi connectivity index (χ2v) is 6.69. The Morgan fingerprint density at radius 2 is 1.62 bits per heavy atom. The molecular formula is C19H21BrN2O2. The van der Waals surface area contributed by atoms with Gasteiger partial charge in [-0.15, -0.1) is 0 Å². The van der Waals surface area contributed by atoms with Gasteiger partial charge in [0.2, 0.25) is 0 Å². The van der Waals surface area contributed by atoms with Crippen molar-refractivity contribution in [2.24, 2.45) is 0 Å². The zero-order chi connectivity index (χ0) is 16.9. The van der Waals surface area contributed by atoms with Crippen LogP contribution in [0.4, 0.5) is 5.69 Å². The van der Waals surface area contributed by atoms with Gasteiger partial charge in [0.25, 0.3) is 5.91 Å². The molecule has 4 nitrogen and oxygen atoms in total. The minimum Gasteiger partial charge on any atom is -0.480 e. The minimum absolute atomic E-state index is 0.0402. The largest absolute Gasteiger partial charge is 0.480 e. The molecule has 0 spiro atoms. The van der Waals surface area contributed by atoms with Crippen LogP contribution in [0.15, 0.2) is 59.1 Å². The van der Waals surface area contributed by atoms with E-state index >= 15 is 0 Å². The molecule has 0 radical (unpaired) electrons. The van der Waals surface area contributed by atoms with Gasteiger partial charge in [-0.3, -0.25) is 4.79 Å². The van der Waals surface area contributed by atoms with Gasteiger partial charge in [-0.1, -0.05) is 30.3 Å². The van der Waals surface area contributed by atoms with Crippen LogP contribution in [-0.2, 0) is 4.79 Å². The standard InChI is InChI=1S/C19H21BrN2O2/c1-15(24-18-10-6-5-9-17(18)20)19(23)22-13-11-21(12-14-22)16-7-3-2-4-8-16/h2-10,15H,11-14H2,1H3/t15-/m1/s1. The first-order valence-corrected chi connectivity index (χ1v) is 8.94. The molecule has 24 heavy (non-hydrogen) atoms. The van der Waals surface area contributed by atoms with Crippen LogP contribution in [0.3, 0.4) is 0 Å². The summed E-state index contributed by atoms with van der Waals surface area (Å²) in [5.74, 6) is 0.736. The summed E-state index contributed by atoms with van der Waals surface area (Å²) in [5, 5.41) is 0. The smallest absolute Gasteiger partial charge is 0.263 e. The van der Waals surface area contributed by atoms with E-state index in [0.29, 0.717) is 5.75 Å². The zero-order valence-corrected chi connectivity index (χ0v) is 15.3. The Morgan fingerprint density at radius 1 is 1.00 bits per heavy atom. The van der Waals surface area contributed by atoms with E-state index < -0.39 is 6.10 Å². The van der Waals surface area contributed by atoms with E-state index in [-0.39, 0.29) is 5.91 Å². The molecule has 1 fully saturated rings. The summed E-state index contributed by atoms with van der Waals surface area (Å²) in [6, 6.07) is 17.9. The van der Waals surface area contributed by atoms with Crippen molar-refractivity contribution in [3.05, 3.63) is 59.1 Å². The lowest BCUT2D eigenvalue weighted by molar-refractivity contribution is -0.138. The number of benzene rings is 2. The molecule has 0 saturated carbocycles. The van der Waals surface area contributed by atoms with Crippen molar-refractivity contribution in [2.45, 2.75) is 13.0 Å². The Hall–Kier alpha value is -2.01. The van der Waals surface area contributed by atoms with Gasteiger partial charge < -0.3 is 14.5 Å². The normalized spacial score (nSPS) is 15.9. The topological polar surface area (TPSA) is 32.8 Å². The summed E-state index contributed by atoms with van der Waals surface area (Å²) in [6.45, 7) is 4.94. The highest BCUT2D eigenvalue weighted by Crippen LogP contribution is 2.25. The number of rotatable bonds is 4. The maximum Gasteiger partial charge on any atom is 0.263 e. The maximum absolute atomic E-state index is 12.6. The number of halogens is 1. The Bertz CT molecular complexity index is 685. The molecule has 2 aromatic carbocycles. The van der Waals surface area contributed by atoms with Gasteiger partial charge in [0.05, 0.1) is 4.47 Å². The Kier molecular flexibility index (Phi) is 5.41. The van der Waals surface area contributed by atoms with Crippen LogP contribution in [0.2, 0.25) is 0 Å². The van der Waals surface area contributed by atoms with E-state index in [0.717, 1.165) is 30.7 Å². The van der Waals surface area contributed by atoms with E-state index in [2.05, 4.69) is 33.0 Å². The molecular weight excluding hydrogens is 368 g/mol. The highest BCUT2D eigenvalue weighted by atomic mass is 79.9. The van der Waals surface area contributed by atoms with Gasteiger partial charge in [-0.05, 0) is 47.1 Å². The van der Waals surface area contributed by atoms with Crippen LogP contribution in [0.1, 0.15) is 6.92 Å². The number of amides is 1. The second-order valence-electron chi connectivity index (χ2n) is 5.84. The molecule has 1 heterocycles. The van der Waals surface area contributed by atoms with Crippen LogP contribution in [0, 0.1) is 0 Å². The van der Waals surface area contributed by atoms with Gasteiger partial charge >= 0.3 is 0 Å². The van der Waals surface area contributed by atoms with Gasteiger partial charge in [-0.25, -0.2) is 0 Å². The molecule has 126 valence electrons. The number of hydrogen-bond donors (Lipinski definition) is 0. The maximum atomic E-state index is 12.6. The average Bonchev–Trinajstić information content (AvgIpc) is 2.64. The summed E-state index contributed by atoms with van der Waals surface area (Å²) < 4.78 is 6.68. The van der Waals surface area contributed by atoms with Crippen LogP contribution in [0.25, 0.3) is 0 Å². The molecule has 1 amide bonds. The Morgan fingerprint density at radius 3 is 2.29 bits per heavy atom. The van der Waals surface area contributed by atoms with Crippen LogP contribution < -0.4 is 9.64 Å². The number of piperazine rings is 1. The van der Waals surface area contributed by atoms with E-state index in [1.54, 1.807) is 0 Å². The monoisotopic (exact) mass is 388 g/mol. The van der Waals surface area contributed by atoms with E-state index in [1.165, 1.54) is 5.69 Å². The van der Waals surface area contributed by atoms with Crippen molar-refractivity contribution in [1.29, 1.82) is 0 Å². The van der Waals surface area contributed by atoms with E-state index in [4.69, 9.17) is 4.74 Å². The Balaban J connectivity index is 1.56. The number of para-hydroxylation sites is 2. The molecule has 0 aromatic heterocycles. The van der Waals surface area contributed by atoms with Gasteiger partial charge in [0.1, 0.15) is 5.75 Å². The molecule has 1 atom stereocenters. The predicted molar refractivity (Wildman–Crippen MR) is 99.5 cm³/mol. The van der Waals surface area contributed by atoms with Crippen molar-refractivity contribution in [2.75, 3.05) is 31.1 Å². The number of ether oxygens (including phenoxy) is 1. The van der Waals surface area contributed by atoms with E-state index in [9.17, 15) is 4.79 Å². The highest BCUT2D eigenvalue weighted by molar-refractivity contribution is 9.10. The van der Waals surface area contributed by atoms with Crippen LogP contribution >= 0.6 is 15.9 Å². The summed E-state index contributed by atoms with van der Waals surface area (Å²) in [6.07, 6.45) is -0.494. The Labute approximate surface area is 151 Å². The SMILES string of the molecule is C[C@@H](Oc1ccccc1Br)C(=O)N1CCN(c2ccccc2)CC1. The van der Waals surface area contributed by atoms with Crippen molar-refractivity contribution >= 4 is 27.5 Å². The first-order chi connectivity index (χ1) is 11.6. The molecule has 5 heteroatoms. The molecule has 0 unspecified atom stereocenters. The average molecular weight is 389 g/mol. The summed E-state index contributed by atoms with van der Waals surface area (Å²) >= 11 is 3.45. The predicted octanol–water partition coefficient (Wildman–Crippen LogP) is 3.57. The fourth-order valence-electron chi connectivity index (χ4n) is 2.86. The quantitative estimate of drug-likeness (QED) is 0.802. The summed E-state index contributed by atoms with van der Waals surface area (Å²) in [4.78, 5) is 16.8. The summed E-state index contributed by atoms with van der Waals surface area (Å²) in [5.41, 5.74) is 1.21. The van der Waals surface area contributed by atoms with Crippen molar-refractivity contribution < 1.29 is 9.53 Å². The molecule has 1 aliphatic rings. The van der Waals surface area contributed by atoms with Crippen LogP contribution in [-0.4, -0.2) is 43.1 Å². The number of anilines is 1. The van der Waals surface area contributed by atoms with Gasteiger partial charge in [0, 0.05) is 31.9 Å². The molecule has 2 aromatic rings. The van der Waals surface area contributed by atoms with Crippen molar-refractivity contribution in [3.63, 3.8) is 0 Å². The number of carbonyl (C=O) groups is 1. The minimum atomic E-state index is -0.494. The highest BCUT2D eigenvalue weighted by Gasteiger charge is 2.26. The molecule has 3 rings (SSSR count). The number of carbonyl (C=O) groups excluding carboxylic acids is 1.